The fraction of sp³-hybridized carbons (Fsp3) is 0.429. The average molecular weight is 549 g/mol. The standard InChI is InChI=1S/C28H31ClF2N2O5/c1-36-19-4-6-23-20(16-19)26(21(29)17-32-23)24(34)7-8-28(27(35)37-2)9-11-33(12-10-28)13-14-38-25-15-18(30)3-5-22(25)31/h3-6,15-17,24,34H,7-14H2,1-2H3/t24-/m0/s1. The number of benzene rings is 2. The number of aliphatic hydroxyl groups excluding tert-OH is 1. The third-order valence-corrected chi connectivity index (χ3v) is 7.59. The van der Waals surface area contributed by atoms with Gasteiger partial charge in [-0.3, -0.25) is 14.7 Å². The highest BCUT2D eigenvalue weighted by molar-refractivity contribution is 6.32. The first-order valence-electron chi connectivity index (χ1n) is 12.4. The van der Waals surface area contributed by atoms with Crippen LogP contribution in [-0.2, 0) is 9.53 Å². The first-order valence-corrected chi connectivity index (χ1v) is 12.8. The number of aromatic nitrogens is 1. The molecule has 0 radical (unpaired) electrons. The smallest absolute Gasteiger partial charge is 0.311 e. The van der Waals surface area contributed by atoms with Crippen LogP contribution < -0.4 is 9.47 Å². The number of esters is 1. The van der Waals surface area contributed by atoms with E-state index in [1.165, 1.54) is 13.3 Å². The highest BCUT2D eigenvalue weighted by Gasteiger charge is 2.42. The molecule has 1 atom stereocenters. The van der Waals surface area contributed by atoms with E-state index >= 15 is 0 Å². The quantitative estimate of drug-likeness (QED) is 0.343. The molecule has 0 aliphatic carbocycles. The molecule has 1 saturated heterocycles. The van der Waals surface area contributed by atoms with Gasteiger partial charge < -0.3 is 19.3 Å². The lowest BCUT2D eigenvalue weighted by atomic mass is 9.74. The largest absolute Gasteiger partial charge is 0.497 e. The number of halogens is 3. The van der Waals surface area contributed by atoms with Crippen molar-refractivity contribution in [2.45, 2.75) is 31.8 Å². The van der Waals surface area contributed by atoms with E-state index in [0.717, 1.165) is 18.2 Å². The third kappa shape index (κ3) is 6.17. The molecule has 0 spiro atoms. The fourth-order valence-electron chi connectivity index (χ4n) is 5.04. The van der Waals surface area contributed by atoms with E-state index in [-0.39, 0.29) is 18.3 Å². The summed E-state index contributed by atoms with van der Waals surface area (Å²) in [6, 6.07) is 8.48. The van der Waals surface area contributed by atoms with Crippen molar-refractivity contribution in [2.75, 3.05) is 40.5 Å². The number of aliphatic hydroxyl groups is 1. The minimum atomic E-state index is -0.922. The van der Waals surface area contributed by atoms with E-state index in [9.17, 15) is 18.7 Å². The van der Waals surface area contributed by atoms with Crippen molar-refractivity contribution >= 4 is 28.5 Å². The number of likely N-dealkylation sites (tertiary alicyclic amines) is 1. The van der Waals surface area contributed by atoms with E-state index in [4.69, 9.17) is 25.8 Å². The van der Waals surface area contributed by atoms with Gasteiger partial charge in [0.2, 0.25) is 0 Å². The van der Waals surface area contributed by atoms with Crippen molar-refractivity contribution in [1.82, 2.24) is 9.88 Å². The number of rotatable bonds is 10. The Bertz CT molecular complexity index is 1280. The van der Waals surface area contributed by atoms with Crippen molar-refractivity contribution in [2.24, 2.45) is 5.41 Å². The van der Waals surface area contributed by atoms with Crippen molar-refractivity contribution in [3.05, 3.63) is 64.8 Å². The van der Waals surface area contributed by atoms with Gasteiger partial charge in [0, 0.05) is 29.8 Å². The van der Waals surface area contributed by atoms with Gasteiger partial charge in [-0.05, 0) is 69.1 Å². The molecule has 7 nitrogen and oxygen atoms in total. The van der Waals surface area contributed by atoms with Gasteiger partial charge in [-0.15, -0.1) is 0 Å². The van der Waals surface area contributed by atoms with Gasteiger partial charge in [0.15, 0.2) is 11.6 Å². The SMILES string of the molecule is COC(=O)C1(CC[C@H](O)c2c(Cl)cnc3ccc(OC)cc23)CCN(CCOc2cc(F)ccc2F)CC1. The Hall–Kier alpha value is -3.01. The van der Waals surface area contributed by atoms with Gasteiger partial charge in [-0.2, -0.15) is 0 Å². The fourth-order valence-corrected chi connectivity index (χ4v) is 5.32. The molecule has 3 aromatic rings. The van der Waals surface area contributed by atoms with Crippen LogP contribution in [0.3, 0.4) is 0 Å². The Morgan fingerprint density at radius 2 is 1.95 bits per heavy atom. The molecule has 1 fully saturated rings. The van der Waals surface area contributed by atoms with Crippen molar-refractivity contribution in [3.63, 3.8) is 0 Å². The molecular formula is C28H31ClF2N2O5. The van der Waals surface area contributed by atoms with Crippen molar-refractivity contribution < 1.29 is 32.9 Å². The monoisotopic (exact) mass is 548 g/mol. The Morgan fingerprint density at radius 3 is 2.66 bits per heavy atom. The molecule has 2 aromatic carbocycles. The number of hydrogen-bond acceptors (Lipinski definition) is 7. The Kier molecular flexibility index (Phi) is 9.02. The second kappa shape index (κ2) is 12.2. The van der Waals surface area contributed by atoms with Gasteiger partial charge in [-0.25, -0.2) is 8.78 Å². The van der Waals surface area contributed by atoms with Crippen LogP contribution in [0.5, 0.6) is 11.5 Å². The molecule has 1 aliphatic rings. The van der Waals surface area contributed by atoms with Crippen molar-refractivity contribution in [3.8, 4) is 11.5 Å². The number of hydrogen-bond donors (Lipinski definition) is 1. The number of fused-ring (bicyclic) bond motifs is 1. The van der Waals surface area contributed by atoms with Crippen LogP contribution in [0, 0.1) is 17.0 Å². The van der Waals surface area contributed by atoms with Gasteiger partial charge >= 0.3 is 5.97 Å². The van der Waals surface area contributed by atoms with Crippen LogP contribution in [0.1, 0.15) is 37.4 Å². The normalized spacial score (nSPS) is 16.3. The minimum absolute atomic E-state index is 0.125. The molecular weight excluding hydrogens is 518 g/mol. The lowest BCUT2D eigenvalue weighted by Crippen LogP contribution is -2.46. The maximum absolute atomic E-state index is 13.8. The molecule has 10 heteroatoms. The lowest BCUT2D eigenvalue weighted by Gasteiger charge is -2.40. The molecule has 1 N–H and O–H groups in total. The third-order valence-electron chi connectivity index (χ3n) is 7.29. The number of nitrogens with zero attached hydrogens (tertiary/aromatic N) is 2. The van der Waals surface area contributed by atoms with Crippen LogP contribution in [0.25, 0.3) is 10.9 Å². The Labute approximate surface area is 225 Å². The molecule has 0 unspecified atom stereocenters. The zero-order valence-electron chi connectivity index (χ0n) is 21.4. The van der Waals surface area contributed by atoms with E-state index in [2.05, 4.69) is 9.88 Å². The first kappa shape index (κ1) is 28.0. The molecule has 1 aliphatic heterocycles. The van der Waals surface area contributed by atoms with Gasteiger partial charge in [-0.1, -0.05) is 11.6 Å². The summed E-state index contributed by atoms with van der Waals surface area (Å²) in [4.78, 5) is 19.3. The van der Waals surface area contributed by atoms with Gasteiger partial charge in [0.05, 0.1) is 36.3 Å². The average Bonchev–Trinajstić information content (AvgIpc) is 2.93. The highest BCUT2D eigenvalue weighted by Crippen LogP contribution is 2.41. The summed E-state index contributed by atoms with van der Waals surface area (Å²) >= 11 is 6.45. The Balaban J connectivity index is 1.40. The van der Waals surface area contributed by atoms with Crippen LogP contribution in [-0.4, -0.2) is 61.4 Å². The first-order chi connectivity index (χ1) is 18.3. The van der Waals surface area contributed by atoms with Gasteiger partial charge in [0.1, 0.15) is 18.2 Å². The number of piperidine rings is 1. The highest BCUT2D eigenvalue weighted by atomic mass is 35.5. The molecule has 0 bridgehead atoms. The van der Waals surface area contributed by atoms with E-state index in [1.54, 1.807) is 25.3 Å². The van der Waals surface area contributed by atoms with E-state index < -0.39 is 23.2 Å². The number of ether oxygens (including phenoxy) is 3. The van der Waals surface area contributed by atoms with E-state index in [1.807, 2.05) is 0 Å². The summed E-state index contributed by atoms with van der Waals surface area (Å²) in [6.45, 7) is 1.87. The zero-order chi connectivity index (χ0) is 27.3. The van der Waals surface area contributed by atoms with Crippen molar-refractivity contribution in [1.29, 1.82) is 0 Å². The topological polar surface area (TPSA) is 81.1 Å². The van der Waals surface area contributed by atoms with Gasteiger partial charge in [0.25, 0.3) is 0 Å². The number of carbonyl (C=O) groups is 1. The molecule has 204 valence electrons. The maximum Gasteiger partial charge on any atom is 0.311 e. The predicted octanol–water partition coefficient (Wildman–Crippen LogP) is 5.32. The molecule has 1 aromatic heterocycles. The maximum atomic E-state index is 13.8. The summed E-state index contributed by atoms with van der Waals surface area (Å²) in [5.41, 5.74) is 0.477. The molecule has 2 heterocycles. The summed E-state index contributed by atoms with van der Waals surface area (Å²) in [5, 5.41) is 12.2. The number of methoxy groups -OCH3 is 2. The predicted molar refractivity (Wildman–Crippen MR) is 139 cm³/mol. The summed E-state index contributed by atoms with van der Waals surface area (Å²) in [5.74, 6) is -0.995. The molecule has 4 rings (SSSR count). The van der Waals surface area contributed by atoms with Crippen LogP contribution >= 0.6 is 11.6 Å². The summed E-state index contributed by atoms with van der Waals surface area (Å²) in [6.07, 6.45) is 2.35. The zero-order valence-corrected chi connectivity index (χ0v) is 22.1. The van der Waals surface area contributed by atoms with Crippen LogP contribution in [0.15, 0.2) is 42.6 Å². The molecule has 38 heavy (non-hydrogen) atoms. The van der Waals surface area contributed by atoms with Crippen LogP contribution in [0.4, 0.5) is 8.78 Å². The number of carbonyl (C=O) groups excluding carboxylic acids is 1. The van der Waals surface area contributed by atoms with E-state index in [0.29, 0.717) is 72.6 Å². The summed E-state index contributed by atoms with van der Waals surface area (Å²) < 4.78 is 43.1. The second-order valence-electron chi connectivity index (χ2n) is 9.49. The summed E-state index contributed by atoms with van der Waals surface area (Å²) in [7, 11) is 2.93. The number of pyridine rings is 1. The second-order valence-corrected chi connectivity index (χ2v) is 9.90. The lowest BCUT2D eigenvalue weighted by molar-refractivity contribution is -0.157. The Morgan fingerprint density at radius 1 is 1.18 bits per heavy atom. The van der Waals surface area contributed by atoms with Crippen LogP contribution in [0.2, 0.25) is 5.02 Å². The molecule has 0 amide bonds. The minimum Gasteiger partial charge on any atom is -0.497 e. The molecule has 0 saturated carbocycles.